The van der Waals surface area contributed by atoms with Crippen LogP contribution in [0.3, 0.4) is 0 Å². The fourth-order valence-corrected chi connectivity index (χ4v) is 3.56. The molecule has 138 valence electrons. The van der Waals surface area contributed by atoms with E-state index in [9.17, 15) is 9.18 Å². The third-order valence-electron chi connectivity index (χ3n) is 4.83. The molecule has 0 aliphatic heterocycles. The summed E-state index contributed by atoms with van der Waals surface area (Å²) in [7, 11) is 1.40. The van der Waals surface area contributed by atoms with Gasteiger partial charge in [0, 0.05) is 35.4 Å². The number of hydrogen-bond donors (Lipinski definition) is 2. The average molecular weight is 365 g/mol. The van der Waals surface area contributed by atoms with Crippen molar-refractivity contribution in [2.45, 2.75) is 26.2 Å². The number of aromatic amines is 1. The molecule has 0 bridgehead atoms. The number of carbonyl (C=O) groups excluding carboxylic acids is 1. The number of amides is 1. The van der Waals surface area contributed by atoms with Crippen LogP contribution in [0.5, 0.6) is 5.75 Å². The fraction of sp³-hybridized carbons (Fsp3) is 0.238. The Bertz CT molecular complexity index is 1030. The Balaban J connectivity index is 1.70. The minimum Gasteiger partial charge on any atom is -0.494 e. The highest BCUT2D eigenvalue weighted by molar-refractivity contribution is 6.09. The fourth-order valence-electron chi connectivity index (χ4n) is 3.56. The second-order valence-corrected chi connectivity index (χ2v) is 6.73. The minimum atomic E-state index is -0.523. The van der Waals surface area contributed by atoms with E-state index in [4.69, 9.17) is 4.74 Å². The smallest absolute Gasteiger partial charge is 0.257 e. The van der Waals surface area contributed by atoms with E-state index < -0.39 is 5.82 Å². The van der Waals surface area contributed by atoms with Crippen LogP contribution < -0.4 is 10.1 Å². The normalized spacial score (nSPS) is 12.7. The summed E-state index contributed by atoms with van der Waals surface area (Å²) in [6, 6.07) is 6.48. The summed E-state index contributed by atoms with van der Waals surface area (Å²) < 4.78 is 18.8. The van der Waals surface area contributed by atoms with Crippen molar-refractivity contribution in [3.63, 3.8) is 0 Å². The standard InChI is InChI=1S/C21H20FN3O2/c1-12-8-13-4-3-5-17-19(20(13)24-10-12)15(11-23-17)21(26)25-14-6-7-18(27-2)16(22)9-14/h6-11,23H,3-5H2,1-2H3,(H,25,26). The van der Waals surface area contributed by atoms with Crippen molar-refractivity contribution in [2.75, 3.05) is 12.4 Å². The summed E-state index contributed by atoms with van der Waals surface area (Å²) in [6.07, 6.45) is 6.31. The van der Waals surface area contributed by atoms with E-state index in [2.05, 4.69) is 21.4 Å². The van der Waals surface area contributed by atoms with Gasteiger partial charge in [0.25, 0.3) is 5.91 Å². The number of benzene rings is 1. The molecular weight excluding hydrogens is 345 g/mol. The second-order valence-electron chi connectivity index (χ2n) is 6.73. The molecule has 2 N–H and O–H groups in total. The van der Waals surface area contributed by atoms with E-state index >= 15 is 0 Å². The first kappa shape index (κ1) is 17.3. The summed E-state index contributed by atoms with van der Waals surface area (Å²) in [5.74, 6) is -0.685. The zero-order chi connectivity index (χ0) is 19.0. The lowest BCUT2D eigenvalue weighted by Crippen LogP contribution is -2.13. The van der Waals surface area contributed by atoms with Gasteiger partial charge in [0.1, 0.15) is 0 Å². The van der Waals surface area contributed by atoms with E-state index in [1.54, 1.807) is 12.3 Å². The molecule has 0 unspecified atom stereocenters. The van der Waals surface area contributed by atoms with Gasteiger partial charge in [-0.3, -0.25) is 9.78 Å². The van der Waals surface area contributed by atoms with Crippen LogP contribution in [0.25, 0.3) is 11.3 Å². The second kappa shape index (κ2) is 6.87. The number of rotatable bonds is 3. The number of carbonyl (C=O) groups is 1. The predicted molar refractivity (Wildman–Crippen MR) is 102 cm³/mol. The van der Waals surface area contributed by atoms with Gasteiger partial charge < -0.3 is 15.0 Å². The summed E-state index contributed by atoms with van der Waals surface area (Å²) in [5.41, 5.74) is 5.84. The van der Waals surface area contributed by atoms with Crippen molar-refractivity contribution < 1.29 is 13.9 Å². The van der Waals surface area contributed by atoms with Gasteiger partial charge in [-0.2, -0.15) is 0 Å². The van der Waals surface area contributed by atoms with Crippen LogP contribution >= 0.6 is 0 Å². The van der Waals surface area contributed by atoms with Crippen molar-refractivity contribution in [1.29, 1.82) is 0 Å². The van der Waals surface area contributed by atoms with Crippen molar-refractivity contribution in [3.05, 3.63) is 64.9 Å². The molecule has 5 nitrogen and oxygen atoms in total. The Labute approximate surface area is 156 Å². The largest absolute Gasteiger partial charge is 0.494 e. The van der Waals surface area contributed by atoms with E-state index in [0.29, 0.717) is 11.3 Å². The van der Waals surface area contributed by atoms with Gasteiger partial charge in [-0.05, 0) is 49.4 Å². The lowest BCUT2D eigenvalue weighted by Gasteiger charge is -2.10. The molecule has 0 saturated carbocycles. The molecule has 1 amide bonds. The number of halogens is 1. The maximum atomic E-state index is 13.9. The number of pyridine rings is 1. The highest BCUT2D eigenvalue weighted by Gasteiger charge is 2.24. The van der Waals surface area contributed by atoms with Crippen LogP contribution in [0.2, 0.25) is 0 Å². The summed E-state index contributed by atoms with van der Waals surface area (Å²) in [5, 5.41) is 2.77. The van der Waals surface area contributed by atoms with Gasteiger partial charge in [-0.1, -0.05) is 6.07 Å². The van der Waals surface area contributed by atoms with Crippen LogP contribution in [0.15, 0.2) is 36.7 Å². The van der Waals surface area contributed by atoms with Crippen molar-refractivity contribution in [1.82, 2.24) is 9.97 Å². The van der Waals surface area contributed by atoms with Crippen LogP contribution in [0.1, 0.15) is 33.6 Å². The summed E-state index contributed by atoms with van der Waals surface area (Å²) in [4.78, 5) is 20.7. The Morgan fingerprint density at radius 2 is 2.15 bits per heavy atom. The molecular formula is C21H20FN3O2. The molecule has 1 aromatic carbocycles. The SMILES string of the molecule is COc1ccc(NC(=O)c2c[nH]c3c2-c2ncc(C)cc2CCC3)cc1F. The lowest BCUT2D eigenvalue weighted by molar-refractivity contribution is 0.102. The Morgan fingerprint density at radius 3 is 2.93 bits per heavy atom. The molecule has 0 radical (unpaired) electrons. The Morgan fingerprint density at radius 1 is 1.30 bits per heavy atom. The molecule has 6 heteroatoms. The summed E-state index contributed by atoms with van der Waals surface area (Å²) >= 11 is 0. The molecule has 2 aromatic heterocycles. The van der Waals surface area contributed by atoms with Gasteiger partial charge in [0.05, 0.1) is 18.4 Å². The van der Waals surface area contributed by atoms with Crippen LogP contribution in [-0.2, 0) is 12.8 Å². The third-order valence-corrected chi connectivity index (χ3v) is 4.83. The highest BCUT2D eigenvalue weighted by atomic mass is 19.1. The average Bonchev–Trinajstić information content (AvgIpc) is 2.98. The van der Waals surface area contributed by atoms with E-state index in [-0.39, 0.29) is 11.7 Å². The summed E-state index contributed by atoms with van der Waals surface area (Å²) in [6.45, 7) is 2.02. The number of nitrogens with one attached hydrogen (secondary N) is 2. The maximum absolute atomic E-state index is 13.9. The zero-order valence-corrected chi connectivity index (χ0v) is 15.2. The first-order chi connectivity index (χ1) is 13.1. The molecule has 0 saturated heterocycles. The molecule has 27 heavy (non-hydrogen) atoms. The molecule has 0 spiro atoms. The van der Waals surface area contributed by atoms with Gasteiger partial charge in [-0.15, -0.1) is 0 Å². The van der Waals surface area contributed by atoms with Crippen LogP contribution in [0.4, 0.5) is 10.1 Å². The quantitative estimate of drug-likeness (QED) is 0.728. The molecule has 1 aliphatic carbocycles. The van der Waals surface area contributed by atoms with Crippen LogP contribution in [-0.4, -0.2) is 23.0 Å². The molecule has 2 heterocycles. The number of ether oxygens (including phenoxy) is 1. The van der Waals surface area contributed by atoms with Gasteiger partial charge in [0.2, 0.25) is 0 Å². The minimum absolute atomic E-state index is 0.136. The Hall–Kier alpha value is -3.15. The van der Waals surface area contributed by atoms with E-state index in [0.717, 1.165) is 47.3 Å². The molecule has 0 atom stereocenters. The number of hydrogen-bond acceptors (Lipinski definition) is 3. The number of aromatic nitrogens is 2. The van der Waals surface area contributed by atoms with E-state index in [1.807, 2.05) is 13.1 Å². The van der Waals surface area contributed by atoms with Gasteiger partial charge >= 0.3 is 0 Å². The number of methoxy groups -OCH3 is 1. The zero-order valence-electron chi connectivity index (χ0n) is 15.2. The topological polar surface area (TPSA) is 67.0 Å². The van der Waals surface area contributed by atoms with Gasteiger partial charge in [0.15, 0.2) is 11.6 Å². The maximum Gasteiger partial charge on any atom is 0.257 e. The highest BCUT2D eigenvalue weighted by Crippen LogP contribution is 2.34. The Kier molecular flexibility index (Phi) is 4.39. The first-order valence-corrected chi connectivity index (χ1v) is 8.88. The van der Waals surface area contributed by atoms with Gasteiger partial charge in [-0.25, -0.2) is 4.39 Å². The molecule has 3 aromatic rings. The monoisotopic (exact) mass is 365 g/mol. The number of anilines is 1. The van der Waals surface area contributed by atoms with E-state index in [1.165, 1.54) is 19.2 Å². The van der Waals surface area contributed by atoms with Crippen LogP contribution in [0, 0.1) is 12.7 Å². The molecule has 1 aliphatic rings. The lowest BCUT2D eigenvalue weighted by atomic mass is 10.0. The van der Waals surface area contributed by atoms with Crippen molar-refractivity contribution in [3.8, 4) is 17.0 Å². The third kappa shape index (κ3) is 3.18. The van der Waals surface area contributed by atoms with Crippen molar-refractivity contribution >= 4 is 11.6 Å². The van der Waals surface area contributed by atoms with Crippen molar-refractivity contribution in [2.24, 2.45) is 0 Å². The number of fused-ring (bicyclic) bond motifs is 3. The number of aryl methyl sites for hydroxylation is 3. The predicted octanol–water partition coefficient (Wildman–Crippen LogP) is 4.27. The number of nitrogens with zero attached hydrogens (tertiary/aromatic N) is 1. The number of H-pyrrole nitrogens is 1. The molecule has 0 fully saturated rings. The first-order valence-electron chi connectivity index (χ1n) is 8.88. The molecule has 4 rings (SSSR count).